The molecule has 5 heteroatoms. The van der Waals surface area contributed by atoms with Crippen molar-refractivity contribution >= 4 is 17.7 Å². The van der Waals surface area contributed by atoms with Crippen molar-refractivity contribution in [2.75, 3.05) is 5.32 Å². The zero-order valence-corrected chi connectivity index (χ0v) is 13.4. The zero-order valence-electron chi connectivity index (χ0n) is 13.4. The van der Waals surface area contributed by atoms with E-state index in [-0.39, 0.29) is 11.7 Å². The molecule has 4 rings (SSSR count). The van der Waals surface area contributed by atoms with Crippen LogP contribution in [0.15, 0.2) is 55.4 Å². The van der Waals surface area contributed by atoms with E-state index in [1.54, 1.807) is 30.6 Å². The molecule has 0 atom stereocenters. The molecule has 0 fully saturated rings. The zero-order chi connectivity index (χ0) is 17.4. The van der Waals surface area contributed by atoms with Crippen LogP contribution in [0.25, 0.3) is 28.6 Å². The molecule has 0 radical (unpaired) electrons. The number of anilines is 1. The van der Waals surface area contributed by atoms with E-state index in [9.17, 15) is 9.90 Å². The van der Waals surface area contributed by atoms with Gasteiger partial charge in [-0.15, -0.1) is 0 Å². The normalized spacial score (nSPS) is 12.6. The number of fused-ring (bicyclic) bond motifs is 1. The quantitative estimate of drug-likeness (QED) is 0.769. The van der Waals surface area contributed by atoms with Crippen LogP contribution in [0.5, 0.6) is 5.75 Å². The Morgan fingerprint density at radius 1 is 1.12 bits per heavy atom. The molecule has 0 aliphatic carbocycles. The molecule has 0 saturated carbocycles. The molecule has 2 heterocycles. The smallest absolute Gasteiger partial charge is 0.228 e. The lowest BCUT2D eigenvalue weighted by molar-refractivity contribution is -0.115. The SMILES string of the molecule is C=Cc1cc2c(cc1-c1ncc(-c3ccccc3O)cn1)CC(=O)N2. The number of phenolic OH excluding ortho intramolecular Hbond substituents is 1. The standard InChI is InChI=1S/C20H15N3O2/c1-2-12-8-17-13(9-19(25)23-17)7-16(12)20-21-10-14(11-22-20)15-5-3-4-6-18(15)24/h2-8,10-11,24H,1,9H2,(H,23,25). The Labute approximate surface area is 144 Å². The second-order valence-electron chi connectivity index (χ2n) is 5.84. The average Bonchev–Trinajstić information content (AvgIpc) is 3.00. The lowest BCUT2D eigenvalue weighted by Gasteiger charge is -2.09. The molecule has 1 aliphatic heterocycles. The van der Waals surface area contributed by atoms with Gasteiger partial charge < -0.3 is 10.4 Å². The Hall–Kier alpha value is -3.47. The summed E-state index contributed by atoms with van der Waals surface area (Å²) in [5.74, 6) is 0.724. The largest absolute Gasteiger partial charge is 0.507 e. The maximum absolute atomic E-state index is 11.6. The minimum Gasteiger partial charge on any atom is -0.507 e. The molecule has 2 N–H and O–H groups in total. The summed E-state index contributed by atoms with van der Waals surface area (Å²) in [6.45, 7) is 3.84. The number of phenols is 1. The highest BCUT2D eigenvalue weighted by atomic mass is 16.3. The van der Waals surface area contributed by atoms with E-state index >= 15 is 0 Å². The number of hydrogen-bond acceptors (Lipinski definition) is 4. The molecule has 1 aromatic heterocycles. The molecule has 0 spiro atoms. The first-order valence-corrected chi connectivity index (χ1v) is 7.85. The van der Waals surface area contributed by atoms with Crippen LogP contribution in [0.4, 0.5) is 5.69 Å². The molecule has 3 aromatic rings. The molecule has 0 unspecified atom stereocenters. The van der Waals surface area contributed by atoms with Crippen LogP contribution < -0.4 is 5.32 Å². The van der Waals surface area contributed by atoms with Crippen LogP contribution in [-0.2, 0) is 11.2 Å². The third-order valence-corrected chi connectivity index (χ3v) is 4.23. The summed E-state index contributed by atoms with van der Waals surface area (Å²) in [4.78, 5) is 20.5. The highest BCUT2D eigenvalue weighted by Gasteiger charge is 2.20. The molecule has 0 bridgehead atoms. The Morgan fingerprint density at radius 3 is 2.60 bits per heavy atom. The Morgan fingerprint density at radius 2 is 1.88 bits per heavy atom. The van der Waals surface area contributed by atoms with E-state index in [1.165, 1.54) is 0 Å². The topological polar surface area (TPSA) is 75.1 Å². The number of rotatable bonds is 3. The highest BCUT2D eigenvalue weighted by Crippen LogP contribution is 2.33. The van der Waals surface area contributed by atoms with Crippen LogP contribution >= 0.6 is 0 Å². The van der Waals surface area contributed by atoms with Gasteiger partial charge in [-0.3, -0.25) is 4.79 Å². The van der Waals surface area contributed by atoms with E-state index in [0.717, 1.165) is 27.9 Å². The van der Waals surface area contributed by atoms with E-state index < -0.39 is 0 Å². The molecule has 1 amide bonds. The molecule has 0 saturated heterocycles. The van der Waals surface area contributed by atoms with Crippen molar-refractivity contribution in [3.63, 3.8) is 0 Å². The highest BCUT2D eigenvalue weighted by molar-refractivity contribution is 6.00. The first-order valence-electron chi connectivity index (χ1n) is 7.85. The van der Waals surface area contributed by atoms with Gasteiger partial charge in [0.25, 0.3) is 0 Å². The van der Waals surface area contributed by atoms with Crippen molar-refractivity contribution in [1.82, 2.24) is 9.97 Å². The molecule has 2 aromatic carbocycles. The van der Waals surface area contributed by atoms with Gasteiger partial charge in [0.05, 0.1) is 6.42 Å². The summed E-state index contributed by atoms with van der Waals surface area (Å²) < 4.78 is 0. The van der Waals surface area contributed by atoms with Crippen LogP contribution in [0.3, 0.4) is 0 Å². The average molecular weight is 329 g/mol. The lowest BCUT2D eigenvalue weighted by atomic mass is 10.0. The first kappa shape index (κ1) is 15.1. The van der Waals surface area contributed by atoms with E-state index in [0.29, 0.717) is 17.8 Å². The predicted molar refractivity (Wildman–Crippen MR) is 97.0 cm³/mol. The second-order valence-corrected chi connectivity index (χ2v) is 5.84. The Bertz CT molecular complexity index is 994. The van der Waals surface area contributed by atoms with E-state index in [4.69, 9.17) is 0 Å². The summed E-state index contributed by atoms with van der Waals surface area (Å²) in [7, 11) is 0. The molecular weight excluding hydrogens is 314 g/mol. The summed E-state index contributed by atoms with van der Waals surface area (Å²) >= 11 is 0. The van der Waals surface area contributed by atoms with Gasteiger partial charge in [-0.25, -0.2) is 9.97 Å². The van der Waals surface area contributed by atoms with Crippen LogP contribution in [0.1, 0.15) is 11.1 Å². The summed E-state index contributed by atoms with van der Waals surface area (Å²) in [6.07, 6.45) is 5.44. The Balaban J connectivity index is 1.76. The number of nitrogens with one attached hydrogen (secondary N) is 1. The van der Waals surface area contributed by atoms with Crippen molar-refractivity contribution < 1.29 is 9.90 Å². The number of hydrogen-bond donors (Lipinski definition) is 2. The summed E-state index contributed by atoms with van der Waals surface area (Å²) in [5.41, 5.74) is 4.85. The predicted octanol–water partition coefficient (Wildman–Crippen LogP) is 3.65. The van der Waals surface area contributed by atoms with Gasteiger partial charge in [-0.2, -0.15) is 0 Å². The van der Waals surface area contributed by atoms with Crippen LogP contribution in [-0.4, -0.2) is 21.0 Å². The molecule has 25 heavy (non-hydrogen) atoms. The van der Waals surface area contributed by atoms with Gasteiger partial charge in [-0.05, 0) is 29.3 Å². The van der Waals surface area contributed by atoms with E-state index in [1.807, 2.05) is 24.3 Å². The number of benzene rings is 2. The van der Waals surface area contributed by atoms with Gasteiger partial charge >= 0.3 is 0 Å². The molecular formula is C20H15N3O2. The van der Waals surface area contributed by atoms with Gasteiger partial charge in [0.15, 0.2) is 5.82 Å². The number of nitrogens with zero attached hydrogens (tertiary/aromatic N) is 2. The number of amides is 1. The van der Waals surface area contributed by atoms with Gasteiger partial charge in [0.1, 0.15) is 5.75 Å². The summed E-state index contributed by atoms with van der Waals surface area (Å²) in [5, 5.41) is 12.8. The summed E-state index contributed by atoms with van der Waals surface area (Å²) in [6, 6.07) is 10.9. The van der Waals surface area contributed by atoms with E-state index in [2.05, 4.69) is 21.9 Å². The van der Waals surface area contributed by atoms with Crippen LogP contribution in [0.2, 0.25) is 0 Å². The molecule has 122 valence electrons. The first-order chi connectivity index (χ1) is 12.2. The molecule has 1 aliphatic rings. The third-order valence-electron chi connectivity index (χ3n) is 4.23. The van der Waals surface area contributed by atoms with Crippen molar-refractivity contribution in [2.24, 2.45) is 0 Å². The minimum absolute atomic E-state index is 0.0158. The Kier molecular flexibility index (Phi) is 3.54. The second kappa shape index (κ2) is 5.87. The fourth-order valence-corrected chi connectivity index (χ4v) is 2.98. The van der Waals surface area contributed by atoms with Gasteiger partial charge in [0.2, 0.25) is 5.91 Å². The van der Waals surface area contributed by atoms with Crippen molar-refractivity contribution in [3.8, 4) is 28.3 Å². The fraction of sp³-hybridized carbons (Fsp3) is 0.0500. The third kappa shape index (κ3) is 2.65. The van der Waals surface area contributed by atoms with Crippen molar-refractivity contribution in [1.29, 1.82) is 0 Å². The number of aromatic hydroxyl groups is 1. The lowest BCUT2D eigenvalue weighted by Crippen LogP contribution is -2.03. The van der Waals surface area contributed by atoms with Crippen molar-refractivity contribution in [2.45, 2.75) is 6.42 Å². The fourth-order valence-electron chi connectivity index (χ4n) is 2.98. The van der Waals surface area contributed by atoms with Crippen molar-refractivity contribution in [3.05, 3.63) is 66.5 Å². The maximum atomic E-state index is 11.6. The number of carbonyl (C=O) groups is 1. The molecule has 5 nitrogen and oxygen atoms in total. The number of para-hydroxylation sites is 1. The minimum atomic E-state index is -0.0158. The monoisotopic (exact) mass is 329 g/mol. The van der Waals surface area contributed by atoms with Gasteiger partial charge in [-0.1, -0.05) is 30.9 Å². The maximum Gasteiger partial charge on any atom is 0.228 e. The van der Waals surface area contributed by atoms with Gasteiger partial charge in [0, 0.05) is 34.8 Å². The van der Waals surface area contributed by atoms with Crippen LogP contribution in [0, 0.1) is 0 Å². The number of carbonyl (C=O) groups excluding carboxylic acids is 1. The number of aromatic nitrogens is 2.